The molecule has 0 atom stereocenters. The molecular formula is C13H10F2N2S. The van der Waals surface area contributed by atoms with Gasteiger partial charge in [-0.05, 0) is 36.4 Å². The number of hydrogen-bond donors (Lipinski definition) is 2. The fourth-order valence-corrected chi connectivity index (χ4v) is 1.77. The van der Waals surface area contributed by atoms with Crippen molar-refractivity contribution in [2.45, 2.75) is 0 Å². The highest BCUT2D eigenvalue weighted by molar-refractivity contribution is 7.80. The molecule has 0 aromatic heterocycles. The van der Waals surface area contributed by atoms with Crippen molar-refractivity contribution in [1.82, 2.24) is 0 Å². The van der Waals surface area contributed by atoms with Crippen LogP contribution in [0, 0.1) is 11.6 Å². The van der Waals surface area contributed by atoms with Crippen molar-refractivity contribution in [2.75, 3.05) is 5.32 Å². The van der Waals surface area contributed by atoms with E-state index in [4.69, 9.17) is 18.0 Å². The van der Waals surface area contributed by atoms with E-state index < -0.39 is 5.82 Å². The quantitative estimate of drug-likeness (QED) is 0.835. The Labute approximate surface area is 108 Å². The normalized spacial score (nSPS) is 10.1. The molecule has 0 unspecified atom stereocenters. The van der Waals surface area contributed by atoms with Gasteiger partial charge < -0.3 is 11.1 Å². The SMILES string of the molecule is NC(=S)c1c(F)cccc1Nc1ccc(F)cc1. The molecule has 18 heavy (non-hydrogen) atoms. The summed E-state index contributed by atoms with van der Waals surface area (Å²) in [6.45, 7) is 0. The van der Waals surface area contributed by atoms with Crippen molar-refractivity contribution in [3.8, 4) is 0 Å². The number of halogens is 2. The van der Waals surface area contributed by atoms with E-state index in [1.807, 2.05) is 0 Å². The highest BCUT2D eigenvalue weighted by Gasteiger charge is 2.10. The van der Waals surface area contributed by atoms with Gasteiger partial charge in [0, 0.05) is 5.69 Å². The molecule has 0 saturated heterocycles. The smallest absolute Gasteiger partial charge is 0.135 e. The van der Waals surface area contributed by atoms with E-state index in [1.54, 1.807) is 24.3 Å². The zero-order valence-corrected chi connectivity index (χ0v) is 10.1. The molecule has 0 aliphatic heterocycles. The second-order valence-electron chi connectivity index (χ2n) is 3.66. The second kappa shape index (κ2) is 5.10. The van der Waals surface area contributed by atoms with E-state index >= 15 is 0 Å². The largest absolute Gasteiger partial charge is 0.389 e. The monoisotopic (exact) mass is 264 g/mol. The van der Waals surface area contributed by atoms with Crippen molar-refractivity contribution in [3.05, 3.63) is 59.7 Å². The third kappa shape index (κ3) is 2.62. The van der Waals surface area contributed by atoms with Crippen LogP contribution in [-0.2, 0) is 0 Å². The van der Waals surface area contributed by atoms with Crippen molar-refractivity contribution in [3.63, 3.8) is 0 Å². The van der Waals surface area contributed by atoms with Crippen LogP contribution in [0.5, 0.6) is 0 Å². The van der Waals surface area contributed by atoms with Crippen LogP contribution in [0.1, 0.15) is 5.56 Å². The molecule has 2 rings (SSSR count). The summed E-state index contributed by atoms with van der Waals surface area (Å²) in [4.78, 5) is -0.0299. The van der Waals surface area contributed by atoms with Gasteiger partial charge in [-0.25, -0.2) is 8.78 Å². The minimum atomic E-state index is -0.491. The van der Waals surface area contributed by atoms with Crippen LogP contribution < -0.4 is 11.1 Å². The molecule has 0 aliphatic rings. The summed E-state index contributed by atoms with van der Waals surface area (Å²) >= 11 is 4.81. The predicted molar refractivity (Wildman–Crippen MR) is 72.0 cm³/mol. The molecule has 3 N–H and O–H groups in total. The van der Waals surface area contributed by atoms with E-state index in [-0.39, 0.29) is 16.4 Å². The van der Waals surface area contributed by atoms with Gasteiger partial charge >= 0.3 is 0 Å². The Morgan fingerprint density at radius 1 is 1.06 bits per heavy atom. The number of thiocarbonyl (C=S) groups is 1. The van der Waals surface area contributed by atoms with E-state index in [0.717, 1.165) is 0 Å². The number of benzene rings is 2. The maximum atomic E-state index is 13.6. The van der Waals surface area contributed by atoms with Crippen LogP contribution in [-0.4, -0.2) is 4.99 Å². The summed E-state index contributed by atoms with van der Waals surface area (Å²) in [6.07, 6.45) is 0. The van der Waals surface area contributed by atoms with Crippen molar-refractivity contribution >= 4 is 28.6 Å². The van der Waals surface area contributed by atoms with Gasteiger partial charge in [0.1, 0.15) is 16.6 Å². The molecule has 2 aromatic rings. The standard InChI is InChI=1S/C13H10F2N2S/c14-8-4-6-9(7-5-8)17-11-3-1-2-10(15)12(11)13(16)18/h1-7,17H,(H2,16,18). The van der Waals surface area contributed by atoms with Crippen molar-refractivity contribution in [2.24, 2.45) is 5.73 Å². The maximum absolute atomic E-state index is 13.6. The van der Waals surface area contributed by atoms with Crippen molar-refractivity contribution < 1.29 is 8.78 Å². The maximum Gasteiger partial charge on any atom is 0.135 e. The molecule has 0 fully saturated rings. The van der Waals surface area contributed by atoms with Crippen LogP contribution in [0.2, 0.25) is 0 Å². The fraction of sp³-hybridized carbons (Fsp3) is 0. The van der Waals surface area contributed by atoms with Gasteiger partial charge in [-0.1, -0.05) is 18.3 Å². The van der Waals surface area contributed by atoms with E-state index in [9.17, 15) is 8.78 Å². The number of anilines is 2. The Bertz CT molecular complexity index is 582. The Morgan fingerprint density at radius 2 is 1.72 bits per heavy atom. The molecular weight excluding hydrogens is 254 g/mol. The Morgan fingerprint density at radius 3 is 2.33 bits per heavy atom. The lowest BCUT2D eigenvalue weighted by atomic mass is 10.1. The van der Waals surface area contributed by atoms with E-state index in [2.05, 4.69) is 5.32 Å². The van der Waals surface area contributed by atoms with Gasteiger partial charge in [0.2, 0.25) is 0 Å². The first kappa shape index (κ1) is 12.4. The lowest BCUT2D eigenvalue weighted by molar-refractivity contribution is 0.625. The zero-order chi connectivity index (χ0) is 13.1. The topological polar surface area (TPSA) is 38.0 Å². The molecule has 0 bridgehead atoms. The van der Waals surface area contributed by atoms with Gasteiger partial charge in [-0.15, -0.1) is 0 Å². The molecule has 0 saturated carbocycles. The number of nitrogens with two attached hydrogens (primary N) is 1. The third-order valence-corrected chi connectivity index (χ3v) is 2.59. The molecule has 5 heteroatoms. The summed E-state index contributed by atoms with van der Waals surface area (Å²) in [7, 11) is 0. The Hall–Kier alpha value is -2.01. The average Bonchev–Trinajstić information content (AvgIpc) is 2.32. The van der Waals surface area contributed by atoms with Gasteiger partial charge in [-0.2, -0.15) is 0 Å². The minimum Gasteiger partial charge on any atom is -0.389 e. The minimum absolute atomic E-state index is 0.0299. The lowest BCUT2D eigenvalue weighted by Crippen LogP contribution is -2.14. The van der Waals surface area contributed by atoms with Crippen LogP contribution in [0.15, 0.2) is 42.5 Å². The predicted octanol–water partition coefficient (Wildman–Crippen LogP) is 3.34. The number of nitrogens with one attached hydrogen (secondary N) is 1. The third-order valence-electron chi connectivity index (χ3n) is 2.38. The number of rotatable bonds is 3. The summed E-state index contributed by atoms with van der Waals surface area (Å²) in [6, 6.07) is 10.2. The highest BCUT2D eigenvalue weighted by Crippen LogP contribution is 2.23. The van der Waals surface area contributed by atoms with Crippen molar-refractivity contribution in [1.29, 1.82) is 0 Å². The summed E-state index contributed by atoms with van der Waals surface area (Å²) in [5.41, 5.74) is 6.71. The molecule has 0 aliphatic carbocycles. The first-order chi connectivity index (χ1) is 8.58. The van der Waals surface area contributed by atoms with Gasteiger partial charge in [-0.3, -0.25) is 0 Å². The summed E-state index contributed by atoms with van der Waals surface area (Å²) in [5.74, 6) is -0.830. The Balaban J connectivity index is 2.37. The van der Waals surface area contributed by atoms with Gasteiger partial charge in [0.25, 0.3) is 0 Å². The first-order valence-electron chi connectivity index (χ1n) is 5.19. The number of hydrogen-bond acceptors (Lipinski definition) is 2. The molecule has 0 spiro atoms. The van der Waals surface area contributed by atoms with Crippen LogP contribution in [0.3, 0.4) is 0 Å². The molecule has 0 heterocycles. The fourth-order valence-electron chi connectivity index (χ4n) is 1.57. The van der Waals surface area contributed by atoms with Crippen LogP contribution in [0.4, 0.5) is 20.2 Å². The highest BCUT2D eigenvalue weighted by atomic mass is 32.1. The molecule has 0 amide bonds. The van der Waals surface area contributed by atoms with E-state index in [0.29, 0.717) is 11.4 Å². The average molecular weight is 264 g/mol. The molecule has 0 radical (unpaired) electrons. The second-order valence-corrected chi connectivity index (χ2v) is 4.10. The lowest BCUT2D eigenvalue weighted by Gasteiger charge is -2.11. The molecule has 2 aromatic carbocycles. The van der Waals surface area contributed by atoms with Gasteiger partial charge in [0.05, 0.1) is 11.3 Å². The van der Waals surface area contributed by atoms with Crippen LogP contribution in [0.25, 0.3) is 0 Å². The summed E-state index contributed by atoms with van der Waals surface area (Å²) in [5, 5.41) is 2.95. The Kier molecular flexibility index (Phi) is 3.53. The van der Waals surface area contributed by atoms with Gasteiger partial charge in [0.15, 0.2) is 0 Å². The first-order valence-corrected chi connectivity index (χ1v) is 5.59. The van der Waals surface area contributed by atoms with Crippen LogP contribution >= 0.6 is 12.2 Å². The molecule has 2 nitrogen and oxygen atoms in total. The summed E-state index contributed by atoms with van der Waals surface area (Å²) < 4.78 is 26.4. The molecule has 92 valence electrons. The van der Waals surface area contributed by atoms with E-state index in [1.165, 1.54) is 18.2 Å². The zero-order valence-electron chi connectivity index (χ0n) is 9.28.